The van der Waals surface area contributed by atoms with E-state index in [1.807, 2.05) is 0 Å². The van der Waals surface area contributed by atoms with Gasteiger partial charge in [-0.2, -0.15) is 0 Å². The highest BCUT2D eigenvalue weighted by molar-refractivity contribution is 8.22. The third kappa shape index (κ3) is 5.78. The minimum atomic E-state index is -2.48. The zero-order valence-electron chi connectivity index (χ0n) is 20.8. The Bertz CT molecular complexity index is 1420. The van der Waals surface area contributed by atoms with Gasteiger partial charge in [-0.25, -0.2) is 0 Å². The average Bonchev–Trinajstić information content (AvgIpc) is 2.99. The summed E-state index contributed by atoms with van der Waals surface area (Å²) >= 11 is 6.70. The molecule has 0 unspecified atom stereocenters. The molecule has 0 aliphatic heterocycles. The lowest BCUT2D eigenvalue weighted by atomic mass is 10.1. The number of rotatable bonds is 9. The first-order valence-corrected chi connectivity index (χ1v) is 17.4. The highest BCUT2D eigenvalue weighted by atomic mass is 32.4. The van der Waals surface area contributed by atoms with Gasteiger partial charge in [0.25, 0.3) is 0 Å². The summed E-state index contributed by atoms with van der Waals surface area (Å²) in [6, 6.07) is 53.8. The maximum atomic E-state index is 6.70. The van der Waals surface area contributed by atoms with Crippen molar-refractivity contribution in [2.24, 2.45) is 4.52 Å². The molecule has 0 saturated carbocycles. The van der Waals surface area contributed by atoms with E-state index in [0.29, 0.717) is 0 Å². The Labute approximate surface area is 226 Å². The van der Waals surface area contributed by atoms with Crippen LogP contribution >= 0.6 is 13.2 Å². The molecular weight excluding hydrogens is 504 g/mol. The maximum absolute atomic E-state index is 6.70. The molecule has 5 rings (SSSR count). The van der Waals surface area contributed by atoms with Gasteiger partial charge in [0.15, 0.2) is 0 Å². The molecule has 0 saturated heterocycles. The molecule has 0 fully saturated rings. The highest BCUT2D eigenvalue weighted by Gasteiger charge is 2.31. The predicted molar refractivity (Wildman–Crippen MR) is 168 cm³/mol. The van der Waals surface area contributed by atoms with Gasteiger partial charge in [0.2, 0.25) is 0 Å². The van der Waals surface area contributed by atoms with Crippen LogP contribution < -0.4 is 21.2 Å². The molecule has 0 aliphatic rings. The molecular formula is C33H31NP2S. The van der Waals surface area contributed by atoms with Crippen LogP contribution in [0.1, 0.15) is 12.0 Å². The van der Waals surface area contributed by atoms with Crippen molar-refractivity contribution in [2.45, 2.75) is 12.8 Å². The van der Waals surface area contributed by atoms with E-state index >= 15 is 0 Å². The summed E-state index contributed by atoms with van der Waals surface area (Å²) in [5.41, 5.74) is 1.37. The number of hydrogen-bond donors (Lipinski definition) is 0. The Kier molecular flexibility index (Phi) is 8.32. The Balaban J connectivity index is 1.76. The van der Waals surface area contributed by atoms with Crippen molar-refractivity contribution in [1.29, 1.82) is 0 Å². The van der Waals surface area contributed by atoms with Gasteiger partial charge in [0.1, 0.15) is 6.19 Å². The highest BCUT2D eigenvalue weighted by Crippen LogP contribution is 2.60. The van der Waals surface area contributed by atoms with E-state index in [1.54, 1.807) is 0 Å². The van der Waals surface area contributed by atoms with Crippen LogP contribution in [0.15, 0.2) is 156 Å². The third-order valence-electron chi connectivity index (χ3n) is 6.65. The van der Waals surface area contributed by atoms with Crippen LogP contribution in [0.5, 0.6) is 0 Å². The zero-order chi connectivity index (χ0) is 25.4. The Morgan fingerprint density at radius 3 is 1.22 bits per heavy atom. The van der Waals surface area contributed by atoms with Gasteiger partial charge in [0, 0.05) is 17.7 Å². The van der Waals surface area contributed by atoms with Crippen molar-refractivity contribution < 1.29 is 0 Å². The lowest BCUT2D eigenvalue weighted by Gasteiger charge is -2.31. The molecule has 0 aliphatic carbocycles. The third-order valence-corrected chi connectivity index (χ3v) is 16.1. The minimum Gasteiger partial charge on any atom is -0.253 e. The largest absolute Gasteiger partial charge is 0.253 e. The second kappa shape index (κ2) is 12.0. The molecule has 0 amide bonds. The molecule has 184 valence electrons. The molecule has 37 heavy (non-hydrogen) atoms. The normalized spacial score (nSPS) is 11.7. The summed E-state index contributed by atoms with van der Waals surface area (Å²) in [6.45, 7) is 0. The fourth-order valence-electron chi connectivity index (χ4n) is 4.79. The van der Waals surface area contributed by atoms with Crippen LogP contribution in [0.4, 0.5) is 0 Å². The van der Waals surface area contributed by atoms with E-state index < -0.39 is 13.2 Å². The second-order valence-corrected chi connectivity index (χ2v) is 16.6. The summed E-state index contributed by atoms with van der Waals surface area (Å²) < 4.78 is 5.99. The fourth-order valence-corrected chi connectivity index (χ4v) is 14.6. The first-order valence-electron chi connectivity index (χ1n) is 12.7. The van der Waals surface area contributed by atoms with Gasteiger partial charge in [-0.15, -0.1) is 0 Å². The molecule has 0 N–H and O–H groups in total. The molecule has 0 bridgehead atoms. The number of benzene rings is 5. The second-order valence-electron chi connectivity index (χ2n) is 9.09. The van der Waals surface area contributed by atoms with Crippen LogP contribution in [-0.2, 0) is 18.2 Å². The quantitative estimate of drug-likeness (QED) is 0.178. The van der Waals surface area contributed by atoms with Crippen molar-refractivity contribution in [2.75, 3.05) is 6.16 Å². The van der Waals surface area contributed by atoms with Gasteiger partial charge < -0.3 is 0 Å². The monoisotopic (exact) mass is 535 g/mol. The smallest absolute Gasteiger partial charge is 0.111 e. The Morgan fingerprint density at radius 2 is 0.811 bits per heavy atom. The van der Waals surface area contributed by atoms with Crippen LogP contribution in [0, 0.1) is 0 Å². The van der Waals surface area contributed by atoms with Crippen molar-refractivity contribution >= 4 is 46.3 Å². The van der Waals surface area contributed by atoms with E-state index in [4.69, 9.17) is 16.3 Å². The van der Waals surface area contributed by atoms with Gasteiger partial charge in [-0.1, -0.05) is 163 Å². The Morgan fingerprint density at radius 1 is 0.459 bits per heavy atom. The standard InChI is InChI=1S/C33H31NP2S/c37-36(32-24-12-4-13-25-32,33-26-14-5-15-27-33)34-35(30-20-8-2-9-21-30,31-22-10-3-11-23-31)28-16-19-29-17-6-1-7-18-29/h1-15,17-18,20-27H,16,19,28H2. The molecule has 0 radical (unpaired) electrons. The lowest BCUT2D eigenvalue weighted by molar-refractivity contribution is 0.928. The number of aryl methyl sites for hydroxylation is 1. The topological polar surface area (TPSA) is 12.4 Å². The van der Waals surface area contributed by atoms with Crippen molar-refractivity contribution in [3.8, 4) is 0 Å². The first kappa shape index (κ1) is 25.6. The van der Waals surface area contributed by atoms with E-state index in [1.165, 1.54) is 16.2 Å². The predicted octanol–water partition coefficient (Wildman–Crippen LogP) is 7.52. The van der Waals surface area contributed by atoms with Crippen LogP contribution in [0.25, 0.3) is 0 Å². The molecule has 0 heterocycles. The van der Waals surface area contributed by atoms with Crippen LogP contribution in [-0.4, -0.2) is 6.16 Å². The summed E-state index contributed by atoms with van der Waals surface area (Å²) in [5, 5.41) is 4.90. The average molecular weight is 536 g/mol. The summed E-state index contributed by atoms with van der Waals surface area (Å²) in [7, 11) is -2.22. The van der Waals surface area contributed by atoms with Gasteiger partial charge in [-0.3, -0.25) is 4.52 Å². The van der Waals surface area contributed by atoms with Crippen molar-refractivity contribution in [1.82, 2.24) is 0 Å². The molecule has 0 spiro atoms. The zero-order valence-corrected chi connectivity index (χ0v) is 23.4. The maximum Gasteiger partial charge on any atom is 0.111 e. The minimum absolute atomic E-state index is 0.980. The molecule has 0 aromatic heterocycles. The van der Waals surface area contributed by atoms with E-state index in [2.05, 4.69) is 152 Å². The van der Waals surface area contributed by atoms with E-state index in [0.717, 1.165) is 29.6 Å². The number of nitrogens with zero attached hydrogens (tertiary/aromatic N) is 1. The van der Waals surface area contributed by atoms with Crippen LogP contribution in [0.2, 0.25) is 0 Å². The molecule has 0 atom stereocenters. The molecule has 4 heteroatoms. The molecule has 5 aromatic carbocycles. The summed E-state index contributed by atoms with van der Waals surface area (Å²) in [6.07, 6.45) is 0.570. The summed E-state index contributed by atoms with van der Waals surface area (Å²) in [4.78, 5) is 0. The Hall–Kier alpha value is -3.02. The van der Waals surface area contributed by atoms with Crippen molar-refractivity contribution in [3.05, 3.63) is 157 Å². The number of hydrogen-bond acceptors (Lipinski definition) is 1. The van der Waals surface area contributed by atoms with E-state index in [-0.39, 0.29) is 0 Å². The first-order chi connectivity index (χ1) is 18.2. The SMILES string of the molecule is S=P(N=P(CCCc1ccccc1)(c1ccccc1)c1ccccc1)(c1ccccc1)c1ccccc1. The molecule has 1 nitrogen and oxygen atoms in total. The van der Waals surface area contributed by atoms with Gasteiger partial charge in [-0.05, 0) is 35.2 Å². The molecule has 5 aromatic rings. The van der Waals surface area contributed by atoms with Gasteiger partial charge in [0.05, 0.1) is 0 Å². The van der Waals surface area contributed by atoms with Crippen LogP contribution in [0.3, 0.4) is 0 Å². The summed E-state index contributed by atoms with van der Waals surface area (Å²) in [5.74, 6) is 0. The van der Waals surface area contributed by atoms with E-state index in [9.17, 15) is 0 Å². The van der Waals surface area contributed by atoms with Crippen molar-refractivity contribution in [3.63, 3.8) is 0 Å². The van der Waals surface area contributed by atoms with Gasteiger partial charge >= 0.3 is 0 Å². The lowest BCUT2D eigenvalue weighted by Crippen LogP contribution is -2.22. The fraction of sp³-hybridized carbons (Fsp3) is 0.0909.